The maximum Gasteiger partial charge on any atom is 0.243 e. The van der Waals surface area contributed by atoms with E-state index in [9.17, 15) is 26.7 Å². The van der Waals surface area contributed by atoms with Crippen molar-refractivity contribution in [2.24, 2.45) is 0 Å². The van der Waals surface area contributed by atoms with E-state index in [1.165, 1.54) is 17.3 Å². The Morgan fingerprint density at radius 2 is 1.79 bits per heavy atom. The van der Waals surface area contributed by atoms with Gasteiger partial charge in [0, 0.05) is 19.3 Å². The second-order valence-electron chi connectivity index (χ2n) is 5.75. The molecule has 8 nitrogen and oxygen atoms in total. The van der Waals surface area contributed by atoms with Crippen molar-refractivity contribution in [1.82, 2.24) is 4.31 Å². The van der Waals surface area contributed by atoms with E-state index >= 15 is 0 Å². The third-order valence-electron chi connectivity index (χ3n) is 3.94. The summed E-state index contributed by atoms with van der Waals surface area (Å²) in [5.74, 6) is -1.19. The fraction of sp³-hybridized carbons (Fsp3) is 0.500. The van der Waals surface area contributed by atoms with Gasteiger partial charge in [0.25, 0.3) is 0 Å². The number of benzene rings is 1. The molecule has 0 bridgehead atoms. The molecule has 0 radical (unpaired) electrons. The second-order valence-corrected chi connectivity index (χ2v) is 10.1. The van der Waals surface area contributed by atoms with E-state index in [-0.39, 0.29) is 16.3 Å². The highest BCUT2D eigenvalue weighted by molar-refractivity contribution is 7.92. The van der Waals surface area contributed by atoms with Gasteiger partial charge in [-0.25, -0.2) is 16.8 Å². The minimum atomic E-state index is -3.71. The number of phenolic OH excluding ortho intramolecular Hbond substituents is 1. The predicted molar refractivity (Wildman–Crippen MR) is 89.0 cm³/mol. The lowest BCUT2D eigenvalue weighted by molar-refractivity contribution is -0.115. The summed E-state index contributed by atoms with van der Waals surface area (Å²) in [5, 5.41) is 10.8. The van der Waals surface area contributed by atoms with Crippen LogP contribution in [0.25, 0.3) is 0 Å². The Balaban J connectivity index is 2.31. The number of aromatic hydroxyl groups is 1. The largest absolute Gasteiger partial charge is 0.506 e. The number of carbonyl (C=O) groups is 1. The highest BCUT2D eigenvalue weighted by Crippen LogP contribution is 2.29. The smallest absolute Gasteiger partial charge is 0.243 e. The van der Waals surface area contributed by atoms with Crippen LogP contribution in [0.4, 0.5) is 5.69 Å². The normalized spacial score (nSPS) is 17.6. The number of sulfone groups is 1. The molecule has 2 N–H and O–H groups in total. The van der Waals surface area contributed by atoms with Gasteiger partial charge >= 0.3 is 0 Å². The van der Waals surface area contributed by atoms with Crippen molar-refractivity contribution in [3.8, 4) is 5.75 Å². The predicted octanol–water partition coefficient (Wildman–Crippen LogP) is 0.548. The van der Waals surface area contributed by atoms with Crippen LogP contribution in [0.3, 0.4) is 0 Å². The third-order valence-corrected chi connectivity index (χ3v) is 7.33. The van der Waals surface area contributed by atoms with Crippen LogP contribution in [-0.2, 0) is 24.7 Å². The molecule has 10 heteroatoms. The number of sulfonamides is 1. The average Bonchev–Trinajstić information content (AvgIpc) is 3.02. The molecule has 1 atom stereocenters. The molecule has 1 heterocycles. The summed E-state index contributed by atoms with van der Waals surface area (Å²) in [6.45, 7) is 2.07. The lowest BCUT2D eigenvalue weighted by Gasteiger charge is -2.17. The Hall–Kier alpha value is -1.65. The number of hydrogen-bond acceptors (Lipinski definition) is 6. The number of hydrogen-bond donors (Lipinski definition) is 2. The third kappa shape index (κ3) is 3.87. The molecule has 1 aromatic carbocycles. The van der Waals surface area contributed by atoms with Crippen LogP contribution < -0.4 is 5.32 Å². The van der Waals surface area contributed by atoms with E-state index in [4.69, 9.17) is 0 Å². The van der Waals surface area contributed by atoms with Crippen molar-refractivity contribution in [2.45, 2.75) is 29.9 Å². The number of phenols is 1. The number of rotatable bonds is 5. The van der Waals surface area contributed by atoms with Crippen molar-refractivity contribution in [2.75, 3.05) is 24.7 Å². The summed E-state index contributed by atoms with van der Waals surface area (Å²) in [7, 11) is -7.32. The first-order valence-electron chi connectivity index (χ1n) is 7.36. The van der Waals surface area contributed by atoms with Gasteiger partial charge in [0.1, 0.15) is 11.0 Å². The van der Waals surface area contributed by atoms with Gasteiger partial charge in [-0.2, -0.15) is 4.31 Å². The number of nitrogens with one attached hydrogen (secondary N) is 1. The summed E-state index contributed by atoms with van der Waals surface area (Å²) >= 11 is 0. The maximum absolute atomic E-state index is 12.5. The molecule has 1 saturated heterocycles. The molecule has 1 aromatic rings. The lowest BCUT2D eigenvalue weighted by atomic mass is 10.3. The zero-order chi connectivity index (χ0) is 18.1. The van der Waals surface area contributed by atoms with E-state index in [1.54, 1.807) is 0 Å². The first-order chi connectivity index (χ1) is 11.0. The lowest BCUT2D eigenvalue weighted by Crippen LogP contribution is -2.32. The van der Waals surface area contributed by atoms with Crippen molar-refractivity contribution in [3.05, 3.63) is 18.2 Å². The van der Waals surface area contributed by atoms with Crippen LogP contribution in [-0.4, -0.2) is 56.7 Å². The number of anilines is 1. The maximum atomic E-state index is 12.5. The molecule has 134 valence electrons. The van der Waals surface area contributed by atoms with Gasteiger partial charge in [-0.3, -0.25) is 4.79 Å². The Morgan fingerprint density at radius 3 is 2.33 bits per heavy atom. The molecular weight excluding hydrogens is 356 g/mol. The van der Waals surface area contributed by atoms with Crippen molar-refractivity contribution in [3.63, 3.8) is 0 Å². The second kappa shape index (κ2) is 6.69. The van der Waals surface area contributed by atoms with Crippen LogP contribution in [0, 0.1) is 0 Å². The fourth-order valence-corrected chi connectivity index (χ4v) is 4.27. The molecule has 1 amide bonds. The van der Waals surface area contributed by atoms with E-state index in [2.05, 4.69) is 5.32 Å². The highest BCUT2D eigenvalue weighted by Gasteiger charge is 2.29. The molecule has 1 aliphatic heterocycles. The summed E-state index contributed by atoms with van der Waals surface area (Å²) in [6, 6.07) is 3.54. The zero-order valence-corrected chi connectivity index (χ0v) is 15.0. The Labute approximate surface area is 141 Å². The minimum Gasteiger partial charge on any atom is -0.506 e. The Morgan fingerprint density at radius 1 is 1.21 bits per heavy atom. The summed E-state index contributed by atoms with van der Waals surface area (Å²) in [6.07, 6.45) is 2.49. The number of carbonyl (C=O) groups excluding carboxylic acids is 1. The van der Waals surface area contributed by atoms with E-state index in [0.29, 0.717) is 13.1 Å². The number of nitrogens with zero attached hydrogens (tertiary/aromatic N) is 1. The highest BCUT2D eigenvalue weighted by atomic mass is 32.2. The van der Waals surface area contributed by atoms with Gasteiger partial charge in [0.05, 0.1) is 10.6 Å². The molecule has 0 aliphatic carbocycles. The minimum absolute atomic E-state index is 0.0653. The summed E-state index contributed by atoms with van der Waals surface area (Å²) in [5.41, 5.74) is -0.143. The van der Waals surface area contributed by atoms with Gasteiger partial charge in [0.2, 0.25) is 15.9 Å². The van der Waals surface area contributed by atoms with Crippen molar-refractivity contribution < 1.29 is 26.7 Å². The van der Waals surface area contributed by atoms with E-state index < -0.39 is 31.0 Å². The Bertz CT molecular complexity index is 842. The fourth-order valence-electron chi connectivity index (χ4n) is 2.28. The molecule has 1 fully saturated rings. The summed E-state index contributed by atoms with van der Waals surface area (Å²) in [4.78, 5) is 11.9. The van der Waals surface area contributed by atoms with Crippen molar-refractivity contribution in [1.29, 1.82) is 0 Å². The molecule has 24 heavy (non-hydrogen) atoms. The standard InChI is InChI=1S/C14H20N2O6S2/c1-10(23(2,19)20)14(18)15-12-9-11(5-6-13(12)17)24(21,22)16-7-3-4-8-16/h5-6,9-10,17H,3-4,7-8H2,1-2H3,(H,15,18). The van der Waals surface area contributed by atoms with Gasteiger partial charge < -0.3 is 10.4 Å². The van der Waals surface area contributed by atoms with Gasteiger partial charge in [-0.1, -0.05) is 0 Å². The quantitative estimate of drug-likeness (QED) is 0.724. The number of amides is 1. The average molecular weight is 376 g/mol. The first kappa shape index (κ1) is 18.7. The van der Waals surface area contributed by atoms with Crippen molar-refractivity contribution >= 4 is 31.5 Å². The molecule has 1 aliphatic rings. The zero-order valence-electron chi connectivity index (χ0n) is 13.4. The SMILES string of the molecule is CC(C(=O)Nc1cc(S(=O)(=O)N2CCCC2)ccc1O)S(C)(=O)=O. The molecule has 1 unspecified atom stereocenters. The molecule has 0 spiro atoms. The van der Waals surface area contributed by atoms with Crippen LogP contribution in [0.15, 0.2) is 23.1 Å². The van der Waals surface area contributed by atoms with Crippen LogP contribution in [0.5, 0.6) is 5.75 Å². The molecular formula is C14H20N2O6S2. The van der Waals surface area contributed by atoms with Gasteiger partial charge in [-0.15, -0.1) is 0 Å². The van der Waals surface area contributed by atoms with Crippen LogP contribution in [0.2, 0.25) is 0 Å². The van der Waals surface area contributed by atoms with Crippen LogP contribution in [0.1, 0.15) is 19.8 Å². The Kier molecular flexibility index (Phi) is 5.21. The van der Waals surface area contributed by atoms with Crippen LogP contribution >= 0.6 is 0 Å². The molecule has 0 aromatic heterocycles. The first-order valence-corrected chi connectivity index (χ1v) is 10.8. The molecule has 0 saturated carbocycles. The summed E-state index contributed by atoms with van der Waals surface area (Å²) < 4.78 is 49.2. The van der Waals surface area contributed by atoms with Gasteiger partial charge in [0.15, 0.2) is 9.84 Å². The van der Waals surface area contributed by atoms with E-state index in [0.717, 1.165) is 31.2 Å². The van der Waals surface area contributed by atoms with Gasteiger partial charge in [-0.05, 0) is 38.0 Å². The molecule has 2 rings (SSSR count). The monoisotopic (exact) mass is 376 g/mol. The topological polar surface area (TPSA) is 121 Å². The van der Waals surface area contributed by atoms with E-state index in [1.807, 2.05) is 0 Å².